The van der Waals surface area contributed by atoms with Crippen molar-refractivity contribution in [1.29, 1.82) is 0 Å². The van der Waals surface area contributed by atoms with Gasteiger partial charge >= 0.3 is 0 Å². The van der Waals surface area contributed by atoms with E-state index in [0.29, 0.717) is 11.3 Å². The average Bonchev–Trinajstić information content (AvgIpc) is 3.82. The van der Waals surface area contributed by atoms with Crippen molar-refractivity contribution >= 4 is 48.4 Å². The molecule has 0 saturated heterocycles. The Labute approximate surface area is 288 Å². The van der Waals surface area contributed by atoms with E-state index in [9.17, 15) is 10.2 Å². The van der Waals surface area contributed by atoms with Crippen molar-refractivity contribution in [2.45, 2.75) is 62.3 Å². The number of hydrogen-bond acceptors (Lipinski definition) is 4. The number of para-hydroxylation sites is 2. The van der Waals surface area contributed by atoms with Gasteiger partial charge in [-0.05, 0) is 86.2 Å². The van der Waals surface area contributed by atoms with Gasteiger partial charge in [-0.15, -0.1) is 0 Å². The predicted molar refractivity (Wildman–Crippen MR) is 206 cm³/mol. The standard InChI is InChI=1S/C42H46N2O2P2/c45-41(35-25-15-29-39(35)47(31-17-5-1-6-18-31)32-19-7-2-8-20-32)43-37-27-13-14-28-38(37)44-42(46)36-26-16-30-40(36)48(33-21-9-3-10-22-33)34-23-11-4-12-24-34/h1-14,17-24,27-28,35-36,39-46H,15-16,25-26,29-30H2. The zero-order chi connectivity index (χ0) is 32.7. The molecule has 6 atom stereocenters. The minimum Gasteiger partial charge on any atom is -0.374 e. The van der Waals surface area contributed by atoms with Gasteiger partial charge in [0.2, 0.25) is 0 Å². The predicted octanol–water partition coefficient (Wildman–Crippen LogP) is 7.75. The Bertz CT molecular complexity index is 1500. The molecule has 5 aromatic rings. The van der Waals surface area contributed by atoms with Crippen LogP contribution in [0.3, 0.4) is 0 Å². The van der Waals surface area contributed by atoms with Gasteiger partial charge in [-0.2, -0.15) is 0 Å². The third-order valence-corrected chi connectivity index (χ3v) is 16.2. The normalized spacial score (nSPS) is 22.1. The fourth-order valence-electron chi connectivity index (χ4n) is 8.00. The molecule has 7 rings (SSSR count). The van der Waals surface area contributed by atoms with Gasteiger partial charge in [-0.3, -0.25) is 0 Å². The van der Waals surface area contributed by atoms with Crippen molar-refractivity contribution in [2.24, 2.45) is 11.8 Å². The van der Waals surface area contributed by atoms with E-state index >= 15 is 0 Å². The molecule has 6 heteroatoms. The van der Waals surface area contributed by atoms with E-state index in [2.05, 4.69) is 132 Å². The summed E-state index contributed by atoms with van der Waals surface area (Å²) in [5, 5.41) is 36.2. The topological polar surface area (TPSA) is 64.5 Å². The van der Waals surface area contributed by atoms with Crippen molar-refractivity contribution in [1.82, 2.24) is 0 Å². The van der Waals surface area contributed by atoms with Gasteiger partial charge in [0, 0.05) is 11.8 Å². The SMILES string of the molecule is OC(Nc1ccccc1NC(O)C1CCCC1P(c1ccccc1)c1ccccc1)C1CCCC1P(c1ccccc1)c1ccccc1. The van der Waals surface area contributed by atoms with Crippen molar-refractivity contribution in [3.05, 3.63) is 146 Å². The molecule has 5 aromatic carbocycles. The lowest BCUT2D eigenvalue weighted by molar-refractivity contribution is 0.137. The number of anilines is 2. The number of hydrogen-bond donors (Lipinski definition) is 4. The highest BCUT2D eigenvalue weighted by atomic mass is 31.1. The van der Waals surface area contributed by atoms with E-state index in [1.165, 1.54) is 21.2 Å². The Balaban J connectivity index is 1.10. The second kappa shape index (κ2) is 15.8. The summed E-state index contributed by atoms with van der Waals surface area (Å²) in [5.41, 5.74) is 2.41. The van der Waals surface area contributed by atoms with Crippen LogP contribution in [-0.4, -0.2) is 34.0 Å². The van der Waals surface area contributed by atoms with Gasteiger partial charge in [-0.1, -0.05) is 146 Å². The lowest BCUT2D eigenvalue weighted by atomic mass is 10.0. The molecule has 2 saturated carbocycles. The van der Waals surface area contributed by atoms with Crippen LogP contribution >= 0.6 is 15.8 Å². The molecular weight excluding hydrogens is 626 g/mol. The minimum atomic E-state index is -0.696. The molecule has 0 spiro atoms. The summed E-state index contributed by atoms with van der Waals surface area (Å²) in [6.45, 7) is 0. The van der Waals surface area contributed by atoms with Crippen LogP contribution in [0.2, 0.25) is 0 Å². The first-order valence-electron chi connectivity index (χ1n) is 17.4. The maximum atomic E-state index is 11.9. The van der Waals surface area contributed by atoms with E-state index in [1.54, 1.807) is 0 Å². The van der Waals surface area contributed by atoms with E-state index in [-0.39, 0.29) is 11.8 Å². The second-order valence-electron chi connectivity index (χ2n) is 13.1. The highest BCUT2D eigenvalue weighted by molar-refractivity contribution is 7.74. The van der Waals surface area contributed by atoms with E-state index < -0.39 is 28.3 Å². The Morgan fingerprint density at radius 1 is 0.417 bits per heavy atom. The van der Waals surface area contributed by atoms with Gasteiger partial charge in [0.15, 0.2) is 0 Å². The number of rotatable bonds is 12. The third-order valence-electron chi connectivity index (χ3n) is 10.2. The third kappa shape index (κ3) is 7.39. The molecule has 0 heterocycles. The molecule has 0 bridgehead atoms. The van der Waals surface area contributed by atoms with Gasteiger partial charge in [0.1, 0.15) is 12.5 Å². The largest absolute Gasteiger partial charge is 0.374 e. The highest BCUT2D eigenvalue weighted by Gasteiger charge is 2.41. The second-order valence-corrected chi connectivity index (χ2v) is 18.0. The average molecular weight is 673 g/mol. The summed E-state index contributed by atoms with van der Waals surface area (Å²) in [5.74, 6) is 0.239. The Kier molecular flexibility index (Phi) is 10.9. The summed E-state index contributed by atoms with van der Waals surface area (Å²) < 4.78 is 0. The van der Waals surface area contributed by atoms with Gasteiger partial charge in [-0.25, -0.2) is 0 Å². The zero-order valence-corrected chi connectivity index (χ0v) is 29.1. The first-order chi connectivity index (χ1) is 23.7. The lowest BCUT2D eigenvalue weighted by Crippen LogP contribution is -2.37. The Hall–Kier alpha value is -3.52. The summed E-state index contributed by atoms with van der Waals surface area (Å²) in [6, 6.07) is 51.5. The van der Waals surface area contributed by atoms with Crippen LogP contribution in [0.25, 0.3) is 0 Å². The van der Waals surface area contributed by atoms with Crippen LogP contribution in [0.4, 0.5) is 11.4 Å². The fourth-order valence-corrected chi connectivity index (χ4v) is 14.4. The summed E-state index contributed by atoms with van der Waals surface area (Å²) >= 11 is 0. The van der Waals surface area contributed by atoms with Crippen LogP contribution in [-0.2, 0) is 0 Å². The van der Waals surface area contributed by atoms with Gasteiger partial charge < -0.3 is 20.8 Å². The van der Waals surface area contributed by atoms with E-state index in [0.717, 1.165) is 49.9 Å². The molecule has 6 unspecified atom stereocenters. The molecular formula is C42H46N2O2P2. The van der Waals surface area contributed by atoms with Crippen LogP contribution in [0.1, 0.15) is 38.5 Å². The molecule has 48 heavy (non-hydrogen) atoms. The first-order valence-corrected chi connectivity index (χ1v) is 20.3. The molecule has 0 radical (unpaired) electrons. The maximum absolute atomic E-state index is 11.9. The van der Waals surface area contributed by atoms with Crippen molar-refractivity contribution in [3.63, 3.8) is 0 Å². The summed E-state index contributed by atoms with van der Waals surface area (Å²) in [4.78, 5) is 0. The Morgan fingerprint density at radius 3 is 1.02 bits per heavy atom. The molecule has 0 aliphatic heterocycles. The first kappa shape index (κ1) is 33.0. The highest BCUT2D eigenvalue weighted by Crippen LogP contribution is 2.52. The summed E-state index contributed by atoms with van der Waals surface area (Å²) in [6.07, 6.45) is 5.01. The smallest absolute Gasteiger partial charge is 0.127 e. The molecule has 4 nitrogen and oxygen atoms in total. The van der Waals surface area contributed by atoms with Gasteiger partial charge in [0.25, 0.3) is 0 Å². The molecule has 2 fully saturated rings. The number of benzene rings is 5. The molecule has 4 N–H and O–H groups in total. The van der Waals surface area contributed by atoms with Crippen LogP contribution in [0.15, 0.2) is 146 Å². The number of aliphatic hydroxyl groups excluding tert-OH is 2. The Morgan fingerprint density at radius 2 is 0.708 bits per heavy atom. The van der Waals surface area contributed by atoms with E-state index in [4.69, 9.17) is 0 Å². The quantitative estimate of drug-likeness (QED) is 0.0809. The fraction of sp³-hybridized carbons (Fsp3) is 0.286. The van der Waals surface area contributed by atoms with E-state index in [1.807, 2.05) is 24.3 Å². The monoisotopic (exact) mass is 672 g/mol. The number of nitrogens with one attached hydrogen (secondary N) is 2. The molecule has 0 aromatic heterocycles. The molecule has 246 valence electrons. The molecule has 0 amide bonds. The van der Waals surface area contributed by atoms with Crippen LogP contribution in [0.5, 0.6) is 0 Å². The van der Waals surface area contributed by atoms with Crippen LogP contribution in [0, 0.1) is 11.8 Å². The van der Waals surface area contributed by atoms with Crippen LogP contribution < -0.4 is 31.9 Å². The van der Waals surface area contributed by atoms with Crippen molar-refractivity contribution in [2.75, 3.05) is 10.6 Å². The zero-order valence-electron chi connectivity index (χ0n) is 27.4. The minimum absolute atomic E-state index is 0.119. The maximum Gasteiger partial charge on any atom is 0.127 e. The molecule has 2 aliphatic rings. The number of aliphatic hydroxyl groups is 2. The van der Waals surface area contributed by atoms with Crippen molar-refractivity contribution < 1.29 is 10.2 Å². The summed E-state index contributed by atoms with van der Waals surface area (Å²) in [7, 11) is -1.26. The van der Waals surface area contributed by atoms with Gasteiger partial charge in [0.05, 0.1) is 11.4 Å². The van der Waals surface area contributed by atoms with Crippen molar-refractivity contribution in [3.8, 4) is 0 Å². The molecule has 2 aliphatic carbocycles. The lowest BCUT2D eigenvalue weighted by Gasteiger charge is -2.34.